The van der Waals surface area contributed by atoms with Gasteiger partial charge in [0, 0.05) is 19.7 Å². The van der Waals surface area contributed by atoms with E-state index in [1.54, 1.807) is 17.7 Å². The maximum atomic E-state index is 13.8. The minimum Gasteiger partial charge on any atom is -0.389 e. The summed E-state index contributed by atoms with van der Waals surface area (Å²) in [4.78, 5) is 0. The predicted octanol–water partition coefficient (Wildman–Crippen LogP) is 4.51. The van der Waals surface area contributed by atoms with Crippen LogP contribution >= 0.6 is 15.9 Å². The number of benzene rings is 1. The molecule has 3 aromatic rings. The molecule has 154 valence electrons. The maximum Gasteiger partial charge on any atom is 0.123 e. The zero-order chi connectivity index (χ0) is 20.7. The van der Waals surface area contributed by atoms with Crippen LogP contribution in [0.1, 0.15) is 48.4 Å². The molecule has 0 bridgehead atoms. The number of nitrogens with zero attached hydrogens (tertiary/aromatic N) is 4. The molecule has 1 aliphatic rings. The molecular weight excluding hydrogens is 435 g/mol. The van der Waals surface area contributed by atoms with E-state index in [1.807, 2.05) is 25.0 Å². The maximum absolute atomic E-state index is 13.8. The Balaban J connectivity index is 1.62. The van der Waals surface area contributed by atoms with Crippen LogP contribution in [0, 0.1) is 11.7 Å². The third-order valence-corrected chi connectivity index (χ3v) is 6.63. The fraction of sp³-hybridized carbons (Fsp3) is 0.455. The van der Waals surface area contributed by atoms with Gasteiger partial charge in [-0.2, -0.15) is 10.2 Å². The van der Waals surface area contributed by atoms with E-state index in [2.05, 4.69) is 21.0 Å². The molecule has 0 radical (unpaired) electrons. The van der Waals surface area contributed by atoms with Crippen LogP contribution in [0.2, 0.25) is 0 Å². The average molecular weight is 461 g/mol. The van der Waals surface area contributed by atoms with Crippen LogP contribution in [0.3, 0.4) is 0 Å². The van der Waals surface area contributed by atoms with Gasteiger partial charge in [0.2, 0.25) is 0 Å². The van der Waals surface area contributed by atoms with Gasteiger partial charge in [0.05, 0.1) is 33.9 Å². The van der Waals surface area contributed by atoms with Gasteiger partial charge in [0.1, 0.15) is 5.82 Å². The average Bonchev–Trinajstić information content (AvgIpc) is 3.36. The van der Waals surface area contributed by atoms with Crippen LogP contribution in [-0.2, 0) is 33.4 Å². The molecule has 0 aliphatic heterocycles. The van der Waals surface area contributed by atoms with Crippen molar-refractivity contribution >= 4 is 15.9 Å². The topological polar surface area (TPSA) is 55.9 Å². The molecule has 1 saturated carbocycles. The molecule has 0 spiro atoms. The standard InChI is InChI=1S/C22H26BrFN4O/c1-13(29)18-11-16(24)7-8-17(18)22-15(12-25-28(22)3)6-9-20-21(23)19(26-27(20)2)10-14-4-5-14/h7-8,11-14,29H,4-6,9-10H2,1-3H3. The Bertz CT molecular complexity index is 1040. The fourth-order valence-electron chi connectivity index (χ4n) is 3.95. The van der Waals surface area contributed by atoms with Crippen LogP contribution in [-0.4, -0.2) is 24.7 Å². The first-order valence-corrected chi connectivity index (χ1v) is 10.8. The van der Waals surface area contributed by atoms with Gasteiger partial charge < -0.3 is 5.11 Å². The predicted molar refractivity (Wildman–Crippen MR) is 114 cm³/mol. The van der Waals surface area contributed by atoms with E-state index in [-0.39, 0.29) is 5.82 Å². The van der Waals surface area contributed by atoms with Gasteiger partial charge in [-0.25, -0.2) is 4.39 Å². The molecule has 1 atom stereocenters. The lowest BCUT2D eigenvalue weighted by Crippen LogP contribution is -2.04. The van der Waals surface area contributed by atoms with Gasteiger partial charge in [-0.3, -0.25) is 9.36 Å². The lowest BCUT2D eigenvalue weighted by atomic mass is 9.96. The first kappa shape index (κ1) is 20.3. The highest BCUT2D eigenvalue weighted by Crippen LogP contribution is 2.36. The van der Waals surface area contributed by atoms with Gasteiger partial charge in [-0.05, 0) is 90.2 Å². The normalized spacial score (nSPS) is 15.1. The van der Waals surface area contributed by atoms with Crippen molar-refractivity contribution in [3.8, 4) is 11.3 Å². The number of aliphatic hydroxyl groups excluding tert-OH is 1. The Morgan fingerprint density at radius 2 is 2.00 bits per heavy atom. The Kier molecular flexibility index (Phi) is 5.62. The first-order valence-electron chi connectivity index (χ1n) is 10.0. The van der Waals surface area contributed by atoms with E-state index in [0.717, 1.165) is 52.2 Å². The molecule has 1 aliphatic carbocycles. The zero-order valence-electron chi connectivity index (χ0n) is 17.0. The lowest BCUT2D eigenvalue weighted by molar-refractivity contribution is 0.199. The zero-order valence-corrected chi connectivity index (χ0v) is 18.6. The summed E-state index contributed by atoms with van der Waals surface area (Å²) < 4.78 is 18.6. The van der Waals surface area contributed by atoms with Crippen molar-refractivity contribution in [1.29, 1.82) is 0 Å². The van der Waals surface area contributed by atoms with E-state index in [0.29, 0.717) is 5.56 Å². The van der Waals surface area contributed by atoms with E-state index >= 15 is 0 Å². The molecule has 7 heteroatoms. The third kappa shape index (κ3) is 4.16. The van der Waals surface area contributed by atoms with E-state index in [9.17, 15) is 9.50 Å². The number of aryl methyl sites for hydroxylation is 3. The molecule has 29 heavy (non-hydrogen) atoms. The fourth-order valence-corrected chi connectivity index (χ4v) is 4.65. The minimum atomic E-state index is -0.764. The quantitative estimate of drug-likeness (QED) is 0.563. The SMILES string of the molecule is CC(O)c1cc(F)ccc1-c1c(CCc2c(Br)c(CC3CC3)nn2C)cnn1C. The molecule has 2 heterocycles. The van der Waals surface area contributed by atoms with Crippen molar-refractivity contribution in [2.45, 2.75) is 45.1 Å². The largest absolute Gasteiger partial charge is 0.389 e. The Morgan fingerprint density at radius 1 is 1.24 bits per heavy atom. The van der Waals surface area contributed by atoms with Crippen molar-refractivity contribution in [3.05, 3.63) is 57.2 Å². The van der Waals surface area contributed by atoms with Gasteiger partial charge in [-0.1, -0.05) is 0 Å². The first-order chi connectivity index (χ1) is 13.8. The summed E-state index contributed by atoms with van der Waals surface area (Å²) in [5, 5.41) is 19.3. The smallest absolute Gasteiger partial charge is 0.123 e. The van der Waals surface area contributed by atoms with E-state index in [4.69, 9.17) is 5.10 Å². The van der Waals surface area contributed by atoms with Gasteiger partial charge >= 0.3 is 0 Å². The number of rotatable bonds is 7. The van der Waals surface area contributed by atoms with Gasteiger partial charge in [0.25, 0.3) is 0 Å². The highest BCUT2D eigenvalue weighted by atomic mass is 79.9. The van der Waals surface area contributed by atoms with Crippen molar-refractivity contribution in [1.82, 2.24) is 19.6 Å². The molecule has 4 rings (SSSR count). The Labute approximate surface area is 178 Å². The molecule has 2 aromatic heterocycles. The van der Waals surface area contributed by atoms with Crippen molar-refractivity contribution in [2.75, 3.05) is 0 Å². The summed E-state index contributed by atoms with van der Waals surface area (Å²) in [5.74, 6) is 0.437. The number of aliphatic hydroxyl groups is 1. The molecule has 5 nitrogen and oxygen atoms in total. The minimum absolute atomic E-state index is 0.352. The second kappa shape index (κ2) is 8.03. The Hall–Kier alpha value is -1.99. The van der Waals surface area contributed by atoms with Crippen LogP contribution in [0.15, 0.2) is 28.9 Å². The molecular formula is C22H26BrFN4O. The highest BCUT2D eigenvalue weighted by molar-refractivity contribution is 9.10. The number of hydrogen-bond donors (Lipinski definition) is 1. The van der Waals surface area contributed by atoms with Crippen LogP contribution < -0.4 is 0 Å². The highest BCUT2D eigenvalue weighted by Gasteiger charge is 2.26. The summed E-state index contributed by atoms with van der Waals surface area (Å²) in [6.45, 7) is 1.66. The summed E-state index contributed by atoms with van der Waals surface area (Å²) in [5.41, 5.74) is 5.69. The molecule has 1 aromatic carbocycles. The number of hydrogen-bond acceptors (Lipinski definition) is 3. The summed E-state index contributed by atoms with van der Waals surface area (Å²) in [7, 11) is 3.87. The van der Waals surface area contributed by atoms with Crippen molar-refractivity contribution < 1.29 is 9.50 Å². The summed E-state index contributed by atoms with van der Waals surface area (Å²) in [6, 6.07) is 4.56. The van der Waals surface area contributed by atoms with Gasteiger partial charge in [-0.15, -0.1) is 0 Å². The second-order valence-corrected chi connectivity index (χ2v) is 8.82. The molecule has 1 unspecified atom stereocenters. The molecule has 1 N–H and O–H groups in total. The monoisotopic (exact) mass is 460 g/mol. The summed E-state index contributed by atoms with van der Waals surface area (Å²) in [6.07, 6.45) is 6.35. The number of aromatic nitrogens is 4. The second-order valence-electron chi connectivity index (χ2n) is 8.03. The van der Waals surface area contributed by atoms with E-state index < -0.39 is 6.10 Å². The molecule has 0 amide bonds. The molecule has 0 saturated heterocycles. The molecule has 1 fully saturated rings. The lowest BCUT2D eigenvalue weighted by Gasteiger charge is -2.14. The van der Waals surface area contributed by atoms with Gasteiger partial charge in [0.15, 0.2) is 0 Å². The van der Waals surface area contributed by atoms with E-state index in [1.165, 1.54) is 30.7 Å². The van der Waals surface area contributed by atoms with Crippen molar-refractivity contribution in [3.63, 3.8) is 0 Å². The Morgan fingerprint density at radius 3 is 2.69 bits per heavy atom. The van der Waals surface area contributed by atoms with Crippen LogP contribution in [0.5, 0.6) is 0 Å². The van der Waals surface area contributed by atoms with Crippen LogP contribution in [0.25, 0.3) is 11.3 Å². The number of halogens is 2. The third-order valence-electron chi connectivity index (χ3n) is 5.71. The van der Waals surface area contributed by atoms with Crippen LogP contribution in [0.4, 0.5) is 4.39 Å². The van der Waals surface area contributed by atoms with Crippen molar-refractivity contribution in [2.24, 2.45) is 20.0 Å². The summed E-state index contributed by atoms with van der Waals surface area (Å²) >= 11 is 3.76.